The molecule has 0 fully saturated rings. The Kier molecular flexibility index (Phi) is 5.44. The molecule has 0 aliphatic rings. The van der Waals surface area contributed by atoms with Crippen LogP contribution in [0.4, 0.5) is 0 Å². The summed E-state index contributed by atoms with van der Waals surface area (Å²) >= 11 is 3.37. The fraction of sp³-hybridized carbons (Fsp3) is 0.0556. The van der Waals surface area contributed by atoms with Crippen LogP contribution >= 0.6 is 33.9 Å². The van der Waals surface area contributed by atoms with Crippen LogP contribution in [0, 0.1) is 10.5 Å². The molecule has 126 valence electrons. The monoisotopic (exact) mass is 463 g/mol. The third-order valence-corrected chi connectivity index (χ3v) is 5.58. The molecule has 3 rings (SSSR count). The molecule has 1 heterocycles. The number of hydrogen-bond donors (Lipinski definition) is 2. The van der Waals surface area contributed by atoms with Crippen molar-refractivity contribution < 1.29 is 9.59 Å². The van der Waals surface area contributed by atoms with Gasteiger partial charge in [-0.25, -0.2) is 4.98 Å². The zero-order chi connectivity index (χ0) is 17.8. The summed E-state index contributed by atoms with van der Waals surface area (Å²) in [6.07, 6.45) is 0. The molecule has 25 heavy (non-hydrogen) atoms. The minimum atomic E-state index is -0.378. The number of aromatic nitrogens is 1. The summed E-state index contributed by atoms with van der Waals surface area (Å²) in [4.78, 5) is 29.5. The largest absolute Gasteiger partial charge is 0.281 e. The van der Waals surface area contributed by atoms with Gasteiger partial charge in [0, 0.05) is 9.13 Å². The van der Waals surface area contributed by atoms with Gasteiger partial charge < -0.3 is 0 Å². The van der Waals surface area contributed by atoms with Crippen LogP contribution in [0.15, 0.2) is 54.6 Å². The Morgan fingerprint density at radius 2 is 1.60 bits per heavy atom. The quantitative estimate of drug-likeness (QED) is 0.459. The van der Waals surface area contributed by atoms with E-state index in [1.807, 2.05) is 42.5 Å². The molecule has 0 bridgehead atoms. The Bertz CT molecular complexity index is 925. The molecule has 0 saturated heterocycles. The lowest BCUT2D eigenvalue weighted by molar-refractivity contribution is 0.0848. The highest BCUT2D eigenvalue weighted by Crippen LogP contribution is 2.27. The van der Waals surface area contributed by atoms with E-state index in [1.54, 1.807) is 19.1 Å². The summed E-state index contributed by atoms with van der Waals surface area (Å²) in [6.45, 7) is 1.78. The van der Waals surface area contributed by atoms with Crippen molar-refractivity contribution >= 4 is 45.7 Å². The van der Waals surface area contributed by atoms with Crippen LogP contribution in [0.1, 0.15) is 25.7 Å². The third-order valence-electron chi connectivity index (χ3n) is 3.43. The van der Waals surface area contributed by atoms with Crippen molar-refractivity contribution in [2.45, 2.75) is 6.92 Å². The lowest BCUT2D eigenvalue weighted by atomic mass is 10.2. The number of rotatable bonds is 3. The van der Waals surface area contributed by atoms with E-state index in [9.17, 15) is 9.59 Å². The van der Waals surface area contributed by atoms with Crippen molar-refractivity contribution in [2.24, 2.45) is 0 Å². The predicted octanol–water partition coefficient (Wildman–Crippen LogP) is 3.80. The summed E-state index contributed by atoms with van der Waals surface area (Å²) in [5.41, 5.74) is 7.00. The smallest absolute Gasteiger partial charge is 0.267 e. The van der Waals surface area contributed by atoms with Gasteiger partial charge in [0.25, 0.3) is 11.8 Å². The molecule has 5 nitrogen and oxygen atoms in total. The van der Waals surface area contributed by atoms with Crippen molar-refractivity contribution in [1.82, 2.24) is 15.8 Å². The number of nitrogens with one attached hydrogen (secondary N) is 2. The van der Waals surface area contributed by atoms with E-state index in [0.29, 0.717) is 16.1 Å². The standard InChI is InChI=1S/C18H14IN3O2S/c1-11-15(25-18(20-11)12-7-3-2-4-8-12)17(24)22-21-16(23)13-9-5-6-10-14(13)19/h2-10H,1H3,(H,21,23)(H,22,24). The van der Waals surface area contributed by atoms with E-state index in [0.717, 1.165) is 14.1 Å². The van der Waals surface area contributed by atoms with Crippen molar-refractivity contribution in [2.75, 3.05) is 0 Å². The number of aryl methyl sites for hydroxylation is 1. The zero-order valence-electron chi connectivity index (χ0n) is 13.2. The molecule has 7 heteroatoms. The maximum absolute atomic E-state index is 12.4. The van der Waals surface area contributed by atoms with Crippen molar-refractivity contribution in [3.8, 4) is 10.6 Å². The number of nitrogens with zero attached hydrogens (tertiary/aromatic N) is 1. The van der Waals surface area contributed by atoms with Crippen LogP contribution in [-0.4, -0.2) is 16.8 Å². The molecule has 0 unspecified atom stereocenters. The molecular formula is C18H14IN3O2S. The van der Waals surface area contributed by atoms with Gasteiger partial charge in [0.1, 0.15) is 9.88 Å². The van der Waals surface area contributed by atoms with E-state index < -0.39 is 0 Å². The molecular weight excluding hydrogens is 449 g/mol. The first kappa shape index (κ1) is 17.6. The first-order valence-corrected chi connectivity index (χ1v) is 9.34. The predicted molar refractivity (Wildman–Crippen MR) is 106 cm³/mol. The Morgan fingerprint density at radius 3 is 2.32 bits per heavy atom. The molecule has 2 amide bonds. The van der Waals surface area contributed by atoms with Gasteiger partial charge in [0.15, 0.2) is 0 Å². The van der Waals surface area contributed by atoms with Gasteiger partial charge in [-0.2, -0.15) is 0 Å². The van der Waals surface area contributed by atoms with Crippen LogP contribution in [0.25, 0.3) is 10.6 Å². The van der Waals surface area contributed by atoms with Crippen LogP contribution < -0.4 is 10.9 Å². The Balaban J connectivity index is 1.71. The number of hydrazine groups is 1. The minimum absolute atomic E-state index is 0.358. The molecule has 2 N–H and O–H groups in total. The van der Waals surface area contributed by atoms with Crippen molar-refractivity contribution in [3.05, 3.63) is 74.3 Å². The summed E-state index contributed by atoms with van der Waals surface area (Å²) in [5, 5.41) is 0.771. The highest BCUT2D eigenvalue weighted by atomic mass is 127. The zero-order valence-corrected chi connectivity index (χ0v) is 16.2. The second-order valence-electron chi connectivity index (χ2n) is 5.19. The number of thiazole rings is 1. The second kappa shape index (κ2) is 7.75. The highest BCUT2D eigenvalue weighted by molar-refractivity contribution is 14.1. The topological polar surface area (TPSA) is 71.1 Å². The molecule has 0 radical (unpaired) electrons. The fourth-order valence-corrected chi connectivity index (χ4v) is 3.79. The summed E-state index contributed by atoms with van der Waals surface area (Å²) < 4.78 is 0.812. The fourth-order valence-electron chi connectivity index (χ4n) is 2.19. The summed E-state index contributed by atoms with van der Waals surface area (Å²) in [7, 11) is 0. The lowest BCUT2D eigenvalue weighted by Gasteiger charge is -2.07. The van der Waals surface area contributed by atoms with Crippen LogP contribution in [-0.2, 0) is 0 Å². The number of benzene rings is 2. The molecule has 1 aromatic heterocycles. The summed E-state index contributed by atoms with van der Waals surface area (Å²) in [6, 6.07) is 16.8. The van der Waals surface area contributed by atoms with Crippen LogP contribution in [0.5, 0.6) is 0 Å². The van der Waals surface area contributed by atoms with E-state index in [2.05, 4.69) is 38.4 Å². The molecule has 0 atom stereocenters. The maximum Gasteiger partial charge on any atom is 0.281 e. The van der Waals surface area contributed by atoms with E-state index in [-0.39, 0.29) is 11.8 Å². The lowest BCUT2D eigenvalue weighted by Crippen LogP contribution is -2.41. The normalized spacial score (nSPS) is 10.3. The molecule has 0 spiro atoms. The first-order chi connectivity index (χ1) is 12.1. The van der Waals surface area contributed by atoms with Gasteiger partial charge in [0.2, 0.25) is 0 Å². The Morgan fingerprint density at radius 1 is 0.960 bits per heavy atom. The van der Waals surface area contributed by atoms with Gasteiger partial charge in [-0.1, -0.05) is 42.5 Å². The van der Waals surface area contributed by atoms with Crippen molar-refractivity contribution in [3.63, 3.8) is 0 Å². The number of carbonyl (C=O) groups is 2. The third kappa shape index (κ3) is 4.05. The van der Waals surface area contributed by atoms with Crippen LogP contribution in [0.2, 0.25) is 0 Å². The van der Waals surface area contributed by atoms with Gasteiger partial charge in [-0.05, 0) is 41.6 Å². The maximum atomic E-state index is 12.4. The van der Waals surface area contributed by atoms with Gasteiger partial charge in [-0.15, -0.1) is 11.3 Å². The number of amides is 2. The average molecular weight is 463 g/mol. The van der Waals surface area contributed by atoms with Gasteiger partial charge in [-0.3, -0.25) is 20.4 Å². The molecule has 0 aliphatic heterocycles. The van der Waals surface area contributed by atoms with Crippen LogP contribution in [0.3, 0.4) is 0 Å². The van der Waals surface area contributed by atoms with E-state index in [1.165, 1.54) is 11.3 Å². The number of hydrogen-bond acceptors (Lipinski definition) is 4. The number of halogens is 1. The second-order valence-corrected chi connectivity index (χ2v) is 7.35. The molecule has 2 aromatic carbocycles. The Hall–Kier alpha value is -2.26. The highest BCUT2D eigenvalue weighted by Gasteiger charge is 2.17. The summed E-state index contributed by atoms with van der Waals surface area (Å²) in [5.74, 6) is -0.736. The SMILES string of the molecule is Cc1nc(-c2ccccc2)sc1C(=O)NNC(=O)c1ccccc1I. The van der Waals surface area contributed by atoms with Gasteiger partial charge >= 0.3 is 0 Å². The molecule has 0 saturated carbocycles. The average Bonchev–Trinajstić information content (AvgIpc) is 3.02. The minimum Gasteiger partial charge on any atom is -0.267 e. The molecule has 0 aliphatic carbocycles. The number of carbonyl (C=O) groups excluding carboxylic acids is 2. The van der Waals surface area contributed by atoms with E-state index in [4.69, 9.17) is 0 Å². The molecule has 3 aromatic rings. The Labute approximate surface area is 162 Å². The van der Waals surface area contributed by atoms with E-state index >= 15 is 0 Å². The van der Waals surface area contributed by atoms with Crippen molar-refractivity contribution in [1.29, 1.82) is 0 Å². The first-order valence-electron chi connectivity index (χ1n) is 7.44. The van der Waals surface area contributed by atoms with Gasteiger partial charge in [0.05, 0.1) is 11.3 Å².